The molecule has 0 aliphatic carbocycles. The number of benzene rings is 6. The summed E-state index contributed by atoms with van der Waals surface area (Å²) in [4.78, 5) is 0. The van der Waals surface area contributed by atoms with Crippen LogP contribution in [0.4, 0.5) is 0 Å². The summed E-state index contributed by atoms with van der Waals surface area (Å²) in [5, 5.41) is 15.4. The fraction of sp³-hybridized carbons (Fsp3) is 0. The zero-order chi connectivity index (χ0) is 31.4. The summed E-state index contributed by atoms with van der Waals surface area (Å²) in [5.74, 6) is 0. The molecule has 6 aromatic carbocycles. The van der Waals surface area contributed by atoms with Gasteiger partial charge in [0.1, 0.15) is 31.8 Å². The van der Waals surface area contributed by atoms with Gasteiger partial charge in [-0.05, 0) is 72.8 Å². The Bertz CT molecular complexity index is 1240. The van der Waals surface area contributed by atoms with Gasteiger partial charge in [0.2, 0.25) is 0 Å². The van der Waals surface area contributed by atoms with Crippen LogP contribution < -0.4 is 31.8 Å². The zero-order valence-electron chi connectivity index (χ0n) is 24.0. The van der Waals surface area contributed by atoms with Crippen molar-refractivity contribution in [2.75, 3.05) is 0 Å². The van der Waals surface area contributed by atoms with Crippen LogP contribution in [0.3, 0.4) is 0 Å². The molecule has 0 heterocycles. The molecular formula is C37H35Cl3OP2Ru+. The minimum Gasteiger partial charge on any atom is -0.0620 e. The van der Waals surface area contributed by atoms with Crippen LogP contribution in [0, 0.1) is 7.11 Å². The average molecular weight is 765 g/mol. The monoisotopic (exact) mass is 764 g/mol. The first kappa shape index (κ1) is 36.1. The van der Waals surface area contributed by atoms with Gasteiger partial charge in [0.05, 0.1) is 15.8 Å². The van der Waals surface area contributed by atoms with E-state index in [1.54, 1.807) is 0 Å². The second-order valence-corrected chi connectivity index (χ2v) is 22.0. The Morgan fingerprint density at radius 1 is 0.318 bits per heavy atom. The third-order valence-electron chi connectivity index (χ3n) is 6.37. The SMILES string of the molecule is [CH2-]O.[Cl][Ru]([Cl])[Cl].c1ccc([PH+](c2ccccc2)c2ccccc2)cc1.c1ccc([PH+](c2ccccc2)c2ccccc2)cc1. The van der Waals surface area contributed by atoms with E-state index in [2.05, 4.69) is 189 Å². The van der Waals surface area contributed by atoms with Crippen LogP contribution in [0.25, 0.3) is 0 Å². The summed E-state index contributed by atoms with van der Waals surface area (Å²) >= 11 is -1.75. The van der Waals surface area contributed by atoms with Gasteiger partial charge in [-0.2, -0.15) is 0 Å². The molecule has 0 saturated carbocycles. The molecule has 44 heavy (non-hydrogen) atoms. The minimum absolute atomic E-state index is 0.877. The van der Waals surface area contributed by atoms with Crippen molar-refractivity contribution >= 4 is 76.7 Å². The van der Waals surface area contributed by atoms with Crippen molar-refractivity contribution in [2.45, 2.75) is 0 Å². The molecule has 0 aliphatic rings. The van der Waals surface area contributed by atoms with Gasteiger partial charge in [-0.15, -0.1) is 0 Å². The Morgan fingerprint density at radius 2 is 0.432 bits per heavy atom. The molecule has 227 valence electrons. The summed E-state index contributed by atoms with van der Waals surface area (Å²) in [5.41, 5.74) is 0. The fourth-order valence-corrected chi connectivity index (χ4v) is 9.78. The second-order valence-electron chi connectivity index (χ2n) is 9.10. The third kappa shape index (κ3) is 12.2. The van der Waals surface area contributed by atoms with Gasteiger partial charge in [0.15, 0.2) is 0 Å². The van der Waals surface area contributed by atoms with Crippen molar-refractivity contribution in [2.24, 2.45) is 0 Å². The predicted octanol–water partition coefficient (Wildman–Crippen LogP) is 8.57. The van der Waals surface area contributed by atoms with E-state index < -0.39 is 28.8 Å². The van der Waals surface area contributed by atoms with E-state index in [0.29, 0.717) is 0 Å². The minimum atomic E-state index is -1.75. The van der Waals surface area contributed by atoms with Crippen LogP contribution in [0.2, 0.25) is 0 Å². The van der Waals surface area contributed by atoms with Crippen molar-refractivity contribution in [1.82, 2.24) is 0 Å². The molecule has 0 radical (unpaired) electrons. The molecule has 0 unspecified atom stereocenters. The van der Waals surface area contributed by atoms with Crippen molar-refractivity contribution in [1.29, 1.82) is 0 Å². The number of halogens is 3. The molecule has 0 amide bonds. The first-order chi connectivity index (χ1) is 21.6. The Morgan fingerprint density at radius 3 is 0.545 bits per heavy atom. The van der Waals surface area contributed by atoms with Crippen LogP contribution in [0.15, 0.2) is 182 Å². The second kappa shape index (κ2) is 21.4. The summed E-state index contributed by atoms with van der Waals surface area (Å²) in [6, 6.07) is 65.0. The van der Waals surface area contributed by atoms with Crippen molar-refractivity contribution < 1.29 is 18.1 Å². The largest absolute Gasteiger partial charge is 0.102 e. The quantitative estimate of drug-likeness (QED) is 0.102. The maximum atomic E-state index is 6.75. The first-order valence-corrected chi connectivity index (χ1v) is 23.4. The Kier molecular flexibility index (Phi) is 17.5. The van der Waals surface area contributed by atoms with Gasteiger partial charge in [-0.25, -0.2) is 7.11 Å². The molecule has 1 N–H and O–H groups in total. The van der Waals surface area contributed by atoms with Crippen LogP contribution in [0.5, 0.6) is 0 Å². The van der Waals surface area contributed by atoms with Crippen LogP contribution in [0.1, 0.15) is 0 Å². The van der Waals surface area contributed by atoms with Gasteiger partial charge >= 0.3 is 42.1 Å². The number of hydrogen-bond donors (Lipinski definition) is 1. The zero-order valence-corrected chi connectivity index (χ0v) is 30.0. The molecule has 0 aliphatic heterocycles. The van der Waals surface area contributed by atoms with Gasteiger partial charge < -0.3 is 5.11 Å². The molecule has 7 heteroatoms. The molecule has 6 rings (SSSR count). The molecular weight excluding hydrogens is 730 g/mol. The summed E-state index contributed by atoms with van der Waals surface area (Å²) in [6.45, 7) is 0. The van der Waals surface area contributed by atoms with Gasteiger partial charge in [0.25, 0.3) is 0 Å². The topological polar surface area (TPSA) is 20.2 Å². The molecule has 0 atom stereocenters. The predicted molar refractivity (Wildman–Crippen MR) is 198 cm³/mol. The van der Waals surface area contributed by atoms with Crippen molar-refractivity contribution in [3.05, 3.63) is 189 Å². The van der Waals surface area contributed by atoms with Crippen LogP contribution in [-0.2, 0) is 13.0 Å². The summed E-state index contributed by atoms with van der Waals surface area (Å²) in [6.07, 6.45) is 0. The number of hydrogen-bond acceptors (Lipinski definition) is 1. The van der Waals surface area contributed by atoms with Crippen molar-refractivity contribution in [3.8, 4) is 0 Å². The normalized spacial score (nSPS) is 10.3. The van der Waals surface area contributed by atoms with E-state index in [1.807, 2.05) is 0 Å². The fourth-order valence-electron chi connectivity index (χ4n) is 4.63. The Labute approximate surface area is 282 Å². The third-order valence-corrected chi connectivity index (χ3v) is 11.8. The van der Waals surface area contributed by atoms with E-state index in [4.69, 9.17) is 34.2 Å². The molecule has 6 aromatic rings. The van der Waals surface area contributed by atoms with E-state index in [9.17, 15) is 0 Å². The first-order valence-electron chi connectivity index (χ1n) is 13.7. The van der Waals surface area contributed by atoms with Gasteiger partial charge in [-0.1, -0.05) is 109 Å². The van der Waals surface area contributed by atoms with E-state index in [0.717, 1.165) is 0 Å². The maximum Gasteiger partial charge on any atom is 0.102 e. The Balaban J connectivity index is 0.000000205. The number of aliphatic hydroxyl groups is 1. The molecule has 1 nitrogen and oxygen atoms in total. The number of rotatable bonds is 6. The average Bonchev–Trinajstić information content (AvgIpc) is 3.09. The summed E-state index contributed by atoms with van der Waals surface area (Å²) < 4.78 is 0. The van der Waals surface area contributed by atoms with Crippen LogP contribution >= 0.6 is 44.9 Å². The van der Waals surface area contributed by atoms with E-state index in [1.165, 1.54) is 31.8 Å². The van der Waals surface area contributed by atoms with Crippen molar-refractivity contribution in [3.63, 3.8) is 0 Å². The molecule has 0 saturated heterocycles. The standard InChI is InChI=1S/2C18H15P.CH3O.3ClH.Ru/c2*1-4-10-16(11-5-1)19(17-12-6-2-7-13-17)18-14-8-3-9-15-18;1-2;;;;/h2*1-15H;2H,1H2;3*1H;/q;;-1;;;;+3/p-1. The van der Waals surface area contributed by atoms with Gasteiger partial charge in [0, 0.05) is 0 Å². The van der Waals surface area contributed by atoms with E-state index in [-0.39, 0.29) is 0 Å². The molecule has 0 aromatic heterocycles. The molecule has 0 bridgehead atoms. The molecule has 0 spiro atoms. The van der Waals surface area contributed by atoms with Gasteiger partial charge in [-0.3, -0.25) is 0 Å². The van der Waals surface area contributed by atoms with Crippen LogP contribution in [-0.4, -0.2) is 5.11 Å². The maximum absolute atomic E-state index is 6.75. The number of aliphatic hydroxyl groups excluding tert-OH is 1. The Hall–Kier alpha value is -2.37. The summed E-state index contributed by atoms with van der Waals surface area (Å²) in [7, 11) is 15.3. The smallest absolute Gasteiger partial charge is 0.0620 e. The molecule has 0 fully saturated rings. The van der Waals surface area contributed by atoms with E-state index >= 15 is 0 Å².